The number of hydrogen-bond donors (Lipinski definition) is 0. The third-order valence-corrected chi connectivity index (χ3v) is 4.88. The fraction of sp³-hybridized carbons (Fsp3) is 0.227. The van der Waals surface area contributed by atoms with Gasteiger partial charge in [-0.2, -0.15) is 0 Å². The lowest BCUT2D eigenvalue weighted by atomic mass is 10.1. The van der Waals surface area contributed by atoms with Gasteiger partial charge in [-0.1, -0.05) is 0 Å². The second kappa shape index (κ2) is 7.90. The number of benzene rings is 2. The van der Waals surface area contributed by atoms with E-state index in [0.29, 0.717) is 28.7 Å². The van der Waals surface area contributed by atoms with E-state index in [0.717, 1.165) is 28.2 Å². The predicted octanol–water partition coefficient (Wildman–Crippen LogP) is 3.83. The molecule has 0 saturated carbocycles. The molecule has 0 aliphatic carbocycles. The van der Waals surface area contributed by atoms with Crippen LogP contribution in [0.15, 0.2) is 42.7 Å². The molecule has 0 N–H and O–H groups in total. The van der Waals surface area contributed by atoms with Crippen LogP contribution >= 0.6 is 0 Å². The minimum absolute atomic E-state index is 0.520. The Hall–Kier alpha value is -3.81. The molecule has 154 valence electrons. The zero-order chi connectivity index (χ0) is 21.3. The topological polar surface area (TPSA) is 80.5 Å². The Morgan fingerprint density at radius 3 is 2.03 bits per heavy atom. The summed E-state index contributed by atoms with van der Waals surface area (Å²) in [5, 5.41) is 0. The van der Waals surface area contributed by atoms with E-state index in [2.05, 4.69) is 9.97 Å². The molecule has 2 aromatic carbocycles. The lowest BCUT2D eigenvalue weighted by Crippen LogP contribution is -2.01. The fourth-order valence-corrected chi connectivity index (χ4v) is 3.38. The molecule has 0 aliphatic heterocycles. The van der Waals surface area contributed by atoms with Crippen LogP contribution in [-0.2, 0) is 0 Å². The molecule has 2 heterocycles. The highest BCUT2D eigenvalue weighted by Crippen LogP contribution is 2.42. The van der Waals surface area contributed by atoms with Gasteiger partial charge >= 0.3 is 0 Å². The van der Waals surface area contributed by atoms with Gasteiger partial charge in [0.1, 0.15) is 23.4 Å². The predicted molar refractivity (Wildman–Crippen MR) is 113 cm³/mol. The van der Waals surface area contributed by atoms with E-state index in [-0.39, 0.29) is 0 Å². The molecule has 0 spiro atoms. The zero-order valence-electron chi connectivity index (χ0n) is 17.5. The first-order chi connectivity index (χ1) is 14.6. The van der Waals surface area contributed by atoms with Crippen LogP contribution in [0.3, 0.4) is 0 Å². The van der Waals surface area contributed by atoms with Crippen molar-refractivity contribution in [2.24, 2.45) is 0 Å². The minimum atomic E-state index is 0.520. The summed E-state index contributed by atoms with van der Waals surface area (Å²) in [7, 11) is 6.39. The molecule has 0 bridgehead atoms. The van der Waals surface area contributed by atoms with Crippen molar-refractivity contribution in [2.45, 2.75) is 6.92 Å². The summed E-state index contributed by atoms with van der Waals surface area (Å²) in [6.07, 6.45) is 1.54. The number of methoxy groups -OCH3 is 4. The van der Waals surface area contributed by atoms with Crippen LogP contribution in [0.2, 0.25) is 0 Å². The van der Waals surface area contributed by atoms with Crippen LogP contribution in [0.1, 0.15) is 5.69 Å². The molecule has 0 amide bonds. The summed E-state index contributed by atoms with van der Waals surface area (Å²) in [6, 6.07) is 11.4. The molecule has 8 heteroatoms. The van der Waals surface area contributed by atoms with Crippen molar-refractivity contribution >= 4 is 11.2 Å². The highest BCUT2D eigenvalue weighted by atomic mass is 16.5. The third-order valence-electron chi connectivity index (χ3n) is 4.88. The lowest BCUT2D eigenvalue weighted by Gasteiger charge is -2.15. The highest BCUT2D eigenvalue weighted by Gasteiger charge is 2.21. The molecule has 0 aliphatic rings. The van der Waals surface area contributed by atoms with E-state index < -0.39 is 0 Å². The Kier molecular flexibility index (Phi) is 5.14. The van der Waals surface area contributed by atoms with Crippen LogP contribution in [-0.4, -0.2) is 48.0 Å². The normalized spacial score (nSPS) is 10.8. The van der Waals surface area contributed by atoms with Gasteiger partial charge in [0.15, 0.2) is 17.1 Å². The van der Waals surface area contributed by atoms with Gasteiger partial charge in [0.25, 0.3) is 0 Å². The number of aromatic nitrogens is 4. The molecule has 4 aromatic rings. The molecule has 0 fully saturated rings. The summed E-state index contributed by atoms with van der Waals surface area (Å²) < 4.78 is 23.8. The summed E-state index contributed by atoms with van der Waals surface area (Å²) in [6.45, 7) is 1.91. The molecule has 0 saturated heterocycles. The SMILES string of the molecule is COc1ccc(-n2c(-c3cc(OC)c(OC)c(OC)c3)nc3c(C)ncnc32)cc1. The van der Waals surface area contributed by atoms with E-state index in [9.17, 15) is 0 Å². The van der Waals surface area contributed by atoms with Gasteiger partial charge in [0, 0.05) is 11.3 Å². The lowest BCUT2D eigenvalue weighted by molar-refractivity contribution is 0.324. The van der Waals surface area contributed by atoms with Crippen molar-refractivity contribution < 1.29 is 18.9 Å². The first-order valence-electron chi connectivity index (χ1n) is 9.26. The van der Waals surface area contributed by atoms with Crippen LogP contribution in [0, 0.1) is 6.92 Å². The van der Waals surface area contributed by atoms with Gasteiger partial charge in [-0.15, -0.1) is 0 Å². The highest BCUT2D eigenvalue weighted by molar-refractivity contribution is 5.82. The monoisotopic (exact) mass is 406 g/mol. The Morgan fingerprint density at radius 2 is 1.47 bits per heavy atom. The quantitative estimate of drug-likeness (QED) is 0.481. The maximum atomic E-state index is 5.53. The molecular formula is C22H22N4O4. The van der Waals surface area contributed by atoms with Crippen molar-refractivity contribution in [1.29, 1.82) is 0 Å². The second-order valence-electron chi connectivity index (χ2n) is 6.51. The summed E-state index contributed by atoms with van der Waals surface area (Å²) in [5.41, 5.74) is 3.90. The molecule has 4 rings (SSSR count). The molecule has 0 atom stereocenters. The van der Waals surface area contributed by atoms with Crippen molar-refractivity contribution in [1.82, 2.24) is 19.5 Å². The molecule has 0 radical (unpaired) electrons. The van der Waals surface area contributed by atoms with Gasteiger partial charge in [-0.25, -0.2) is 15.0 Å². The van der Waals surface area contributed by atoms with Gasteiger partial charge in [0.2, 0.25) is 5.75 Å². The molecule has 0 unspecified atom stereocenters. The third kappa shape index (κ3) is 3.16. The maximum absolute atomic E-state index is 5.53. The number of aryl methyl sites for hydroxylation is 1. The molecule has 30 heavy (non-hydrogen) atoms. The van der Waals surface area contributed by atoms with Crippen molar-refractivity contribution in [3.05, 3.63) is 48.4 Å². The second-order valence-corrected chi connectivity index (χ2v) is 6.51. The van der Waals surface area contributed by atoms with E-state index in [4.69, 9.17) is 23.9 Å². The van der Waals surface area contributed by atoms with Gasteiger partial charge < -0.3 is 18.9 Å². The number of fused-ring (bicyclic) bond motifs is 1. The Labute approximate surface area is 174 Å². The summed E-state index contributed by atoms with van der Waals surface area (Å²) in [4.78, 5) is 13.7. The molecule has 8 nitrogen and oxygen atoms in total. The Morgan fingerprint density at radius 1 is 0.800 bits per heavy atom. The van der Waals surface area contributed by atoms with Crippen LogP contribution in [0.5, 0.6) is 23.0 Å². The van der Waals surface area contributed by atoms with Crippen LogP contribution in [0.4, 0.5) is 0 Å². The minimum Gasteiger partial charge on any atom is -0.497 e. The van der Waals surface area contributed by atoms with E-state index in [1.807, 2.05) is 47.9 Å². The summed E-state index contributed by atoms with van der Waals surface area (Å²) in [5.74, 6) is 3.05. The van der Waals surface area contributed by atoms with Gasteiger partial charge in [0.05, 0.1) is 34.1 Å². The Bertz CT molecular complexity index is 1180. The largest absolute Gasteiger partial charge is 0.497 e. The molecular weight excluding hydrogens is 384 g/mol. The number of nitrogens with zero attached hydrogens (tertiary/aromatic N) is 4. The van der Waals surface area contributed by atoms with Crippen LogP contribution < -0.4 is 18.9 Å². The number of ether oxygens (including phenoxy) is 4. The first-order valence-corrected chi connectivity index (χ1v) is 9.26. The van der Waals surface area contributed by atoms with Crippen molar-refractivity contribution in [3.8, 4) is 40.1 Å². The van der Waals surface area contributed by atoms with E-state index in [1.54, 1.807) is 34.8 Å². The van der Waals surface area contributed by atoms with Gasteiger partial charge in [-0.05, 0) is 43.3 Å². The van der Waals surface area contributed by atoms with Crippen molar-refractivity contribution in [2.75, 3.05) is 28.4 Å². The number of rotatable bonds is 6. The van der Waals surface area contributed by atoms with E-state index in [1.165, 1.54) is 0 Å². The summed E-state index contributed by atoms with van der Waals surface area (Å²) >= 11 is 0. The zero-order valence-corrected chi connectivity index (χ0v) is 17.5. The standard InChI is InChI=1S/C22H22N4O4/c1-13-19-22(24-12-23-13)26(15-6-8-16(27-2)9-7-15)21(25-19)14-10-17(28-3)20(30-5)18(11-14)29-4/h6-12H,1-5H3. The number of hydrogen-bond acceptors (Lipinski definition) is 7. The van der Waals surface area contributed by atoms with Crippen molar-refractivity contribution in [3.63, 3.8) is 0 Å². The Balaban J connectivity index is 2.03. The smallest absolute Gasteiger partial charge is 0.203 e. The first kappa shape index (κ1) is 19.5. The average molecular weight is 406 g/mol. The fourth-order valence-electron chi connectivity index (χ4n) is 3.38. The van der Waals surface area contributed by atoms with Gasteiger partial charge in [-0.3, -0.25) is 4.57 Å². The van der Waals surface area contributed by atoms with Crippen LogP contribution in [0.25, 0.3) is 28.2 Å². The maximum Gasteiger partial charge on any atom is 0.203 e. The number of imidazole rings is 1. The molecule has 2 aromatic heterocycles. The average Bonchev–Trinajstić information content (AvgIpc) is 3.19. The van der Waals surface area contributed by atoms with E-state index >= 15 is 0 Å².